The fourth-order valence-corrected chi connectivity index (χ4v) is 9.53. The lowest BCUT2D eigenvalue weighted by Crippen LogP contribution is -2.03. The van der Waals surface area contributed by atoms with Gasteiger partial charge >= 0.3 is 0 Å². The fraction of sp³-hybridized carbons (Fsp3) is 0. The average Bonchev–Trinajstić information content (AvgIpc) is 3.81. The van der Waals surface area contributed by atoms with Gasteiger partial charge in [-0.2, -0.15) is 0 Å². The van der Waals surface area contributed by atoms with E-state index in [1.165, 1.54) is 27.2 Å². The van der Waals surface area contributed by atoms with Crippen molar-refractivity contribution < 1.29 is 4.74 Å². The minimum absolute atomic E-state index is 0.655. The van der Waals surface area contributed by atoms with Crippen LogP contribution in [0, 0.1) is 0 Å². The first-order valence-electron chi connectivity index (χ1n) is 20.0. The molecule has 0 radical (unpaired) electrons. The summed E-state index contributed by atoms with van der Waals surface area (Å²) in [5.41, 5.74) is 13.1. The Bertz CT molecular complexity index is 3700. The first kappa shape index (κ1) is 32.1. The quantitative estimate of drug-likeness (QED) is 0.180. The SMILES string of the molecule is c1ccc(-c2nc(-n3c4ccccc4c4cc(-c5ccc6c(c5)c5c7cccc8c7c(cc5n6-c5ccccc5)-c5ccccc5O8)ccc43)nc3ccccc23)cc1. The molecular weight excluding hydrogens is 721 g/mol. The summed E-state index contributed by atoms with van der Waals surface area (Å²) in [5.74, 6) is 2.43. The number of ether oxygens (including phenoxy) is 1. The van der Waals surface area contributed by atoms with Crippen molar-refractivity contribution in [1.29, 1.82) is 0 Å². The van der Waals surface area contributed by atoms with E-state index in [0.717, 1.165) is 88.7 Å². The van der Waals surface area contributed by atoms with Crippen molar-refractivity contribution in [1.82, 2.24) is 19.1 Å². The van der Waals surface area contributed by atoms with Gasteiger partial charge in [0.2, 0.25) is 5.95 Å². The van der Waals surface area contributed by atoms with Crippen molar-refractivity contribution in [3.05, 3.63) is 194 Å². The van der Waals surface area contributed by atoms with E-state index in [0.29, 0.717) is 5.95 Å². The Morgan fingerprint density at radius 2 is 1.00 bits per heavy atom. The maximum atomic E-state index is 6.54. The highest BCUT2D eigenvalue weighted by atomic mass is 16.5. The zero-order chi connectivity index (χ0) is 38.6. The van der Waals surface area contributed by atoms with Crippen molar-refractivity contribution in [3.8, 4) is 56.6 Å². The molecule has 0 spiro atoms. The molecule has 0 fully saturated rings. The highest BCUT2D eigenvalue weighted by Crippen LogP contribution is 2.51. The Balaban J connectivity index is 1.05. The van der Waals surface area contributed by atoms with Gasteiger partial charge in [0.25, 0.3) is 0 Å². The van der Waals surface area contributed by atoms with E-state index in [-0.39, 0.29) is 0 Å². The Morgan fingerprint density at radius 3 is 1.85 bits per heavy atom. The largest absolute Gasteiger partial charge is 0.456 e. The van der Waals surface area contributed by atoms with Crippen LogP contribution >= 0.6 is 0 Å². The summed E-state index contributed by atoms with van der Waals surface area (Å²) in [7, 11) is 0. The molecule has 5 nitrogen and oxygen atoms in total. The highest BCUT2D eigenvalue weighted by Gasteiger charge is 2.25. The van der Waals surface area contributed by atoms with Crippen LogP contribution in [-0.4, -0.2) is 19.1 Å². The molecule has 1 aliphatic rings. The van der Waals surface area contributed by atoms with E-state index in [1.54, 1.807) is 0 Å². The predicted molar refractivity (Wildman–Crippen MR) is 242 cm³/mol. The van der Waals surface area contributed by atoms with Crippen LogP contribution < -0.4 is 4.74 Å². The molecule has 9 aromatic carbocycles. The van der Waals surface area contributed by atoms with E-state index >= 15 is 0 Å². The highest BCUT2D eigenvalue weighted by molar-refractivity contribution is 6.26. The summed E-state index contributed by atoms with van der Waals surface area (Å²) in [6.45, 7) is 0. The number of hydrogen-bond acceptors (Lipinski definition) is 3. The van der Waals surface area contributed by atoms with Gasteiger partial charge in [-0.15, -0.1) is 0 Å². The predicted octanol–water partition coefficient (Wildman–Crippen LogP) is 14.1. The Labute approximate surface area is 338 Å². The van der Waals surface area contributed by atoms with Crippen molar-refractivity contribution in [2.75, 3.05) is 0 Å². The third-order valence-electron chi connectivity index (χ3n) is 12.1. The van der Waals surface area contributed by atoms with Gasteiger partial charge in [0.15, 0.2) is 0 Å². The summed E-state index contributed by atoms with van der Waals surface area (Å²) in [4.78, 5) is 10.5. The molecule has 274 valence electrons. The van der Waals surface area contributed by atoms with E-state index in [9.17, 15) is 0 Å². The number of benzene rings is 9. The standard InChI is InChI=1S/C54H32N4O/c1-3-14-33(15-4-1)53-39-20-7-10-22-44(39)55-54(56-53)58-45-23-11-8-18-37(45)41-30-34(26-28-46(41)58)35-27-29-47-43(31-35)51-40-21-13-25-50-52(40)42(38-19-9-12-24-49(38)59-50)32-48(51)57(47)36-16-5-2-6-17-36/h1-32H. The minimum Gasteiger partial charge on any atom is -0.456 e. The third-order valence-corrected chi connectivity index (χ3v) is 12.1. The second-order valence-electron chi connectivity index (χ2n) is 15.3. The van der Waals surface area contributed by atoms with Crippen molar-refractivity contribution >= 4 is 65.3 Å². The zero-order valence-corrected chi connectivity index (χ0v) is 31.7. The van der Waals surface area contributed by atoms with Crippen molar-refractivity contribution in [3.63, 3.8) is 0 Å². The Kier molecular flexibility index (Phi) is 6.66. The molecule has 0 bridgehead atoms. The average molecular weight is 753 g/mol. The smallest absolute Gasteiger partial charge is 0.235 e. The van der Waals surface area contributed by atoms with E-state index in [4.69, 9.17) is 14.7 Å². The van der Waals surface area contributed by atoms with Crippen LogP contribution in [0.4, 0.5) is 0 Å². The summed E-state index contributed by atoms with van der Waals surface area (Å²) in [6.07, 6.45) is 0. The minimum atomic E-state index is 0.655. The van der Waals surface area contributed by atoms with E-state index in [1.807, 2.05) is 18.2 Å². The maximum absolute atomic E-state index is 6.54. The van der Waals surface area contributed by atoms with Gasteiger partial charge in [-0.05, 0) is 88.8 Å². The number of para-hydroxylation sites is 4. The Morgan fingerprint density at radius 1 is 0.356 bits per heavy atom. The van der Waals surface area contributed by atoms with Gasteiger partial charge in [-0.25, -0.2) is 9.97 Å². The van der Waals surface area contributed by atoms with Crippen LogP contribution in [0.3, 0.4) is 0 Å². The lowest BCUT2D eigenvalue weighted by atomic mass is 9.91. The zero-order valence-electron chi connectivity index (χ0n) is 31.7. The molecule has 4 heterocycles. The molecule has 5 heteroatoms. The van der Waals surface area contributed by atoms with Crippen molar-refractivity contribution in [2.24, 2.45) is 0 Å². The van der Waals surface area contributed by atoms with Gasteiger partial charge in [0.1, 0.15) is 11.5 Å². The van der Waals surface area contributed by atoms with Crippen LogP contribution in [0.25, 0.3) is 110 Å². The van der Waals surface area contributed by atoms with Crippen LogP contribution in [0.5, 0.6) is 11.5 Å². The molecule has 0 saturated carbocycles. The topological polar surface area (TPSA) is 44.9 Å². The molecule has 0 atom stereocenters. The molecular formula is C54H32N4O. The van der Waals surface area contributed by atoms with Crippen LogP contribution in [0.1, 0.15) is 0 Å². The maximum Gasteiger partial charge on any atom is 0.235 e. The lowest BCUT2D eigenvalue weighted by molar-refractivity contribution is 0.487. The van der Waals surface area contributed by atoms with Crippen LogP contribution in [0.15, 0.2) is 194 Å². The normalized spacial score (nSPS) is 12.2. The third kappa shape index (κ3) is 4.67. The molecule has 0 aliphatic carbocycles. The van der Waals surface area contributed by atoms with Crippen LogP contribution in [0.2, 0.25) is 0 Å². The fourth-order valence-electron chi connectivity index (χ4n) is 9.53. The molecule has 1 aliphatic heterocycles. The monoisotopic (exact) mass is 752 g/mol. The summed E-state index contributed by atoms with van der Waals surface area (Å²) < 4.78 is 11.2. The first-order valence-corrected chi connectivity index (χ1v) is 20.0. The molecule has 3 aromatic heterocycles. The van der Waals surface area contributed by atoms with Crippen molar-refractivity contribution in [2.45, 2.75) is 0 Å². The van der Waals surface area contributed by atoms with Gasteiger partial charge in [0.05, 0.1) is 33.3 Å². The molecule has 0 saturated heterocycles. The molecule has 59 heavy (non-hydrogen) atoms. The summed E-state index contributed by atoms with van der Waals surface area (Å²) in [5, 5.41) is 8.09. The molecule has 0 amide bonds. The lowest BCUT2D eigenvalue weighted by Gasteiger charge is -2.22. The number of hydrogen-bond donors (Lipinski definition) is 0. The molecule has 0 unspecified atom stereocenters. The number of nitrogens with zero attached hydrogens (tertiary/aromatic N) is 4. The summed E-state index contributed by atoms with van der Waals surface area (Å²) >= 11 is 0. The van der Waals surface area contributed by atoms with Gasteiger partial charge in [-0.1, -0.05) is 127 Å². The molecule has 0 N–H and O–H groups in total. The van der Waals surface area contributed by atoms with Gasteiger partial charge in [-0.3, -0.25) is 4.57 Å². The molecule has 12 aromatic rings. The van der Waals surface area contributed by atoms with Crippen LogP contribution in [-0.2, 0) is 0 Å². The number of fused-ring (bicyclic) bond motifs is 10. The van der Waals surface area contributed by atoms with Gasteiger partial charge < -0.3 is 9.30 Å². The summed E-state index contributed by atoms with van der Waals surface area (Å²) in [6, 6.07) is 68.9. The van der Waals surface area contributed by atoms with Gasteiger partial charge in [0, 0.05) is 49.1 Å². The number of rotatable bonds is 4. The molecule has 13 rings (SSSR count). The van der Waals surface area contributed by atoms with E-state index in [2.05, 4.69) is 185 Å². The van der Waals surface area contributed by atoms with E-state index < -0.39 is 0 Å². The first-order chi connectivity index (χ1) is 29.3. The Hall–Kier alpha value is -8.02. The number of aromatic nitrogens is 4. The second-order valence-corrected chi connectivity index (χ2v) is 15.3. The second kappa shape index (κ2) is 12.2.